The fourth-order valence-corrected chi connectivity index (χ4v) is 4.10. The maximum Gasteiger partial charge on any atom is 0.328 e. The first-order valence-electron chi connectivity index (χ1n) is 15.2. The monoisotopic (exact) mass is 673 g/mol. The molecule has 5 amide bonds. The number of nitrogens with one attached hydrogen (secondary N) is 5. The summed E-state index contributed by atoms with van der Waals surface area (Å²) in [6.45, 7) is 7.51. The van der Waals surface area contributed by atoms with Gasteiger partial charge in [-0.15, -0.1) is 0 Å². The van der Waals surface area contributed by atoms with Gasteiger partial charge in [-0.25, -0.2) is 4.79 Å². The number of aliphatic carboxylic acids is 2. The van der Waals surface area contributed by atoms with Crippen LogP contribution in [0.2, 0.25) is 0 Å². The highest BCUT2D eigenvalue weighted by atomic mass is 16.4. The summed E-state index contributed by atoms with van der Waals surface area (Å²) in [6.07, 6.45) is 0.175. The van der Waals surface area contributed by atoms with Crippen LogP contribution < -0.4 is 43.8 Å². The zero-order valence-corrected chi connectivity index (χ0v) is 27.4. The van der Waals surface area contributed by atoms with Gasteiger partial charge in [0.05, 0.1) is 19.1 Å². The van der Waals surface area contributed by atoms with E-state index < -0.39 is 96.7 Å². The minimum Gasteiger partial charge on any atom is -0.481 e. The van der Waals surface area contributed by atoms with Crippen LogP contribution in [0.1, 0.15) is 66.7 Å². The molecule has 0 aliphatic heterocycles. The van der Waals surface area contributed by atoms with Crippen molar-refractivity contribution < 1.29 is 48.9 Å². The molecular weight excluding hydrogens is 622 g/mol. The Morgan fingerprint density at radius 2 is 1.30 bits per heavy atom. The Hall–Kier alpha value is -4.52. The Balaban J connectivity index is 5.82. The lowest BCUT2D eigenvalue weighted by molar-refractivity contribution is -0.143. The summed E-state index contributed by atoms with van der Waals surface area (Å²) >= 11 is 0. The second-order valence-electron chi connectivity index (χ2n) is 11.6. The number of hydrogen-bond acceptors (Lipinski definition) is 10. The van der Waals surface area contributed by atoms with E-state index in [4.69, 9.17) is 27.4 Å². The maximum atomic E-state index is 13.3. The third-order valence-electron chi connectivity index (χ3n) is 7.00. The molecule has 0 aromatic rings. The van der Waals surface area contributed by atoms with E-state index in [-0.39, 0.29) is 31.3 Å². The van der Waals surface area contributed by atoms with Gasteiger partial charge in [-0.3, -0.25) is 33.8 Å². The Bertz CT molecular complexity index is 1130. The minimum absolute atomic E-state index is 0.0423. The highest BCUT2D eigenvalue weighted by molar-refractivity contribution is 5.97. The number of hydrogen-bond donors (Lipinski definition) is 11. The van der Waals surface area contributed by atoms with Gasteiger partial charge in [-0.2, -0.15) is 0 Å². The van der Waals surface area contributed by atoms with Crippen molar-refractivity contribution in [3.8, 4) is 0 Å². The predicted octanol–water partition coefficient (Wildman–Crippen LogP) is -3.55. The lowest BCUT2D eigenvalue weighted by atomic mass is 9.97. The van der Waals surface area contributed by atoms with Crippen molar-refractivity contribution in [3.05, 3.63) is 0 Å². The standard InChI is InChI=1S/C28H51N9O10/c1-6-14(4)21(37-23(42)16(29)8-7-9-32-28(30)31)26(45)35-18(11-20(39)40)25(44)34-17(10-13(2)3)24(43)33-15(5)22(41)36-19(12-38)27(46)47/h13-19,21,38H,6-12,29H2,1-5H3,(H,33,43)(H,34,44)(H,35,45)(H,36,41)(H,37,42)(H,39,40)(H,46,47)(H4,30,31,32)/t14-,15-,16-,17-,18-,19-,21-/m0/s1. The van der Waals surface area contributed by atoms with Crippen LogP contribution in [0.4, 0.5) is 0 Å². The van der Waals surface area contributed by atoms with Crippen LogP contribution in [0.25, 0.3) is 0 Å². The first kappa shape index (κ1) is 42.5. The van der Waals surface area contributed by atoms with Crippen LogP contribution in [0.3, 0.4) is 0 Å². The molecule has 19 heteroatoms. The molecule has 47 heavy (non-hydrogen) atoms. The van der Waals surface area contributed by atoms with Crippen LogP contribution in [0.15, 0.2) is 4.99 Å². The van der Waals surface area contributed by atoms with Crippen LogP contribution in [-0.2, 0) is 33.6 Å². The van der Waals surface area contributed by atoms with Crippen molar-refractivity contribution in [1.82, 2.24) is 26.6 Å². The van der Waals surface area contributed by atoms with E-state index in [1.165, 1.54) is 6.92 Å². The largest absolute Gasteiger partial charge is 0.481 e. The third-order valence-corrected chi connectivity index (χ3v) is 7.00. The number of carboxylic acids is 2. The highest BCUT2D eigenvalue weighted by Gasteiger charge is 2.34. The number of nitrogens with two attached hydrogens (primary N) is 3. The van der Waals surface area contributed by atoms with Gasteiger partial charge in [-0.05, 0) is 38.0 Å². The summed E-state index contributed by atoms with van der Waals surface area (Å²) in [6, 6.07) is -8.05. The maximum absolute atomic E-state index is 13.3. The van der Waals surface area contributed by atoms with E-state index in [2.05, 4.69) is 31.6 Å². The van der Waals surface area contributed by atoms with E-state index in [9.17, 15) is 38.7 Å². The van der Waals surface area contributed by atoms with Gasteiger partial charge in [0.1, 0.15) is 30.2 Å². The molecule has 0 fully saturated rings. The molecule has 0 spiro atoms. The topological polar surface area (TPSA) is 331 Å². The van der Waals surface area contributed by atoms with Gasteiger partial charge >= 0.3 is 11.9 Å². The normalized spacial score (nSPS) is 15.4. The molecule has 0 aromatic carbocycles. The van der Waals surface area contributed by atoms with Crippen molar-refractivity contribution in [2.45, 2.75) is 103 Å². The summed E-state index contributed by atoms with van der Waals surface area (Å²) in [5, 5.41) is 39.4. The molecule has 0 saturated heterocycles. The van der Waals surface area contributed by atoms with E-state index >= 15 is 0 Å². The number of aliphatic hydroxyl groups excluding tert-OH is 1. The smallest absolute Gasteiger partial charge is 0.328 e. The molecule has 0 bridgehead atoms. The number of rotatable bonds is 22. The SMILES string of the molecule is CC[C@H](C)[C@H](NC(=O)[C@@H](N)CCCN=C(N)N)C(=O)N[C@@H](CC(=O)O)C(=O)N[C@@H](CC(C)C)C(=O)N[C@@H](C)C(=O)N[C@@H](CO)C(=O)O. The zero-order valence-electron chi connectivity index (χ0n) is 27.4. The molecule has 268 valence electrons. The van der Waals surface area contributed by atoms with Crippen LogP contribution in [0, 0.1) is 11.8 Å². The third kappa shape index (κ3) is 16.6. The first-order valence-corrected chi connectivity index (χ1v) is 15.2. The van der Waals surface area contributed by atoms with E-state index in [1.807, 2.05) is 0 Å². The summed E-state index contributed by atoms with van der Waals surface area (Å²) < 4.78 is 0. The van der Waals surface area contributed by atoms with Gasteiger partial charge < -0.3 is 59.1 Å². The fraction of sp³-hybridized carbons (Fsp3) is 0.714. The molecule has 0 aliphatic rings. The summed E-state index contributed by atoms with van der Waals surface area (Å²) in [5.74, 6) is -7.97. The van der Waals surface area contributed by atoms with E-state index in [0.717, 1.165) is 0 Å². The molecule has 0 radical (unpaired) electrons. The Morgan fingerprint density at radius 3 is 1.79 bits per heavy atom. The number of amides is 5. The molecule has 14 N–H and O–H groups in total. The average molecular weight is 674 g/mol. The molecule has 0 aromatic heterocycles. The summed E-state index contributed by atoms with van der Waals surface area (Å²) in [5.41, 5.74) is 16.5. The van der Waals surface area contributed by atoms with Crippen LogP contribution >= 0.6 is 0 Å². The zero-order chi connectivity index (χ0) is 36.4. The molecule has 0 saturated carbocycles. The predicted molar refractivity (Wildman–Crippen MR) is 169 cm³/mol. The molecular formula is C28H51N9O10. The van der Waals surface area contributed by atoms with Crippen molar-refractivity contribution >= 4 is 47.4 Å². The van der Waals surface area contributed by atoms with Gasteiger partial charge in [0.25, 0.3) is 0 Å². The van der Waals surface area contributed by atoms with Gasteiger partial charge in [-0.1, -0.05) is 34.1 Å². The van der Waals surface area contributed by atoms with Crippen LogP contribution in [0.5, 0.6) is 0 Å². The van der Waals surface area contributed by atoms with Crippen molar-refractivity contribution in [2.24, 2.45) is 34.0 Å². The van der Waals surface area contributed by atoms with E-state index in [0.29, 0.717) is 12.8 Å². The highest BCUT2D eigenvalue weighted by Crippen LogP contribution is 2.11. The number of carbonyl (C=O) groups excluding carboxylic acids is 5. The number of nitrogens with zero attached hydrogens (tertiary/aromatic N) is 1. The van der Waals surface area contributed by atoms with Crippen molar-refractivity contribution in [3.63, 3.8) is 0 Å². The number of carboxylic acid groups (broad SMARTS) is 2. The van der Waals surface area contributed by atoms with Gasteiger partial charge in [0.2, 0.25) is 29.5 Å². The Labute approximate surface area is 273 Å². The van der Waals surface area contributed by atoms with Gasteiger partial charge in [0, 0.05) is 6.54 Å². The second kappa shape index (κ2) is 21.3. The number of aliphatic imine (C=N–C) groups is 1. The number of aliphatic hydroxyl groups is 1. The summed E-state index contributed by atoms with van der Waals surface area (Å²) in [7, 11) is 0. The van der Waals surface area contributed by atoms with Crippen LogP contribution in [-0.4, -0.2) is 112 Å². The fourth-order valence-electron chi connectivity index (χ4n) is 4.10. The molecule has 0 heterocycles. The first-order chi connectivity index (χ1) is 21.8. The Morgan fingerprint density at radius 1 is 0.745 bits per heavy atom. The van der Waals surface area contributed by atoms with Gasteiger partial charge in [0.15, 0.2) is 5.96 Å². The minimum atomic E-state index is -1.67. The molecule has 0 rings (SSSR count). The lowest BCUT2D eigenvalue weighted by Gasteiger charge is -2.28. The van der Waals surface area contributed by atoms with Crippen molar-refractivity contribution in [2.75, 3.05) is 13.2 Å². The average Bonchev–Trinajstić information content (AvgIpc) is 2.98. The Kier molecular flexibility index (Phi) is 19.3. The molecule has 0 aliphatic carbocycles. The summed E-state index contributed by atoms with van der Waals surface area (Å²) in [4.78, 5) is 91.4. The van der Waals surface area contributed by atoms with Crippen molar-refractivity contribution in [1.29, 1.82) is 0 Å². The second-order valence-corrected chi connectivity index (χ2v) is 11.6. The lowest BCUT2D eigenvalue weighted by Crippen LogP contribution is -2.60. The quantitative estimate of drug-likeness (QED) is 0.0302. The number of guanidine groups is 1. The molecule has 7 atom stereocenters. The number of carbonyl (C=O) groups is 7. The molecule has 19 nitrogen and oxygen atoms in total. The molecule has 0 unspecified atom stereocenters. The van der Waals surface area contributed by atoms with E-state index in [1.54, 1.807) is 27.7 Å².